The van der Waals surface area contributed by atoms with Gasteiger partial charge in [0.05, 0.1) is 0 Å². The van der Waals surface area contributed by atoms with Crippen LogP contribution in [0.2, 0.25) is 0 Å². The second-order valence-electron chi connectivity index (χ2n) is 5.78. The molecule has 2 amide bonds. The minimum atomic E-state index is -0.916. The third-order valence-corrected chi connectivity index (χ3v) is 3.64. The Morgan fingerprint density at radius 2 is 2.04 bits per heavy atom. The molecule has 0 spiro atoms. The number of hydrogen-bond donors (Lipinski definition) is 2. The zero-order valence-corrected chi connectivity index (χ0v) is 13.7. The largest absolute Gasteiger partial charge is 0.451 e. The van der Waals surface area contributed by atoms with Crippen molar-refractivity contribution in [3.8, 4) is 23.7 Å². The van der Waals surface area contributed by atoms with E-state index >= 15 is 0 Å². The van der Waals surface area contributed by atoms with Crippen LogP contribution in [0.15, 0.2) is 40.8 Å². The first kappa shape index (κ1) is 17.4. The number of rotatable bonds is 6. The summed E-state index contributed by atoms with van der Waals surface area (Å²) in [5, 5.41) is 2.48. The van der Waals surface area contributed by atoms with Crippen LogP contribution in [0.4, 0.5) is 0 Å². The van der Waals surface area contributed by atoms with Gasteiger partial charge in [0.1, 0.15) is 11.8 Å². The molecule has 24 heavy (non-hydrogen) atoms. The number of primary amides is 1. The predicted octanol–water partition coefficient (Wildman–Crippen LogP) is 2.68. The van der Waals surface area contributed by atoms with Gasteiger partial charge in [-0.3, -0.25) is 9.59 Å². The van der Waals surface area contributed by atoms with E-state index in [1.54, 1.807) is 12.1 Å². The van der Waals surface area contributed by atoms with Gasteiger partial charge in [0, 0.05) is 12.0 Å². The van der Waals surface area contributed by atoms with Gasteiger partial charge >= 0.3 is 0 Å². The molecule has 5 heteroatoms. The van der Waals surface area contributed by atoms with Crippen LogP contribution in [-0.4, -0.2) is 17.9 Å². The fourth-order valence-corrected chi connectivity index (χ4v) is 2.24. The number of furan rings is 1. The van der Waals surface area contributed by atoms with E-state index in [0.29, 0.717) is 11.7 Å². The van der Waals surface area contributed by atoms with Crippen LogP contribution in [0, 0.1) is 12.3 Å². The fourth-order valence-electron chi connectivity index (χ4n) is 2.24. The number of benzene rings is 1. The molecule has 0 fully saturated rings. The summed E-state index contributed by atoms with van der Waals surface area (Å²) >= 11 is 0. The smallest absolute Gasteiger partial charge is 0.287 e. The highest BCUT2D eigenvalue weighted by Crippen LogP contribution is 2.25. The summed E-state index contributed by atoms with van der Waals surface area (Å²) in [7, 11) is 0. The van der Waals surface area contributed by atoms with Crippen molar-refractivity contribution in [3.63, 3.8) is 0 Å². The second-order valence-corrected chi connectivity index (χ2v) is 5.78. The number of nitrogens with two attached hydrogens (primary N) is 1. The Morgan fingerprint density at radius 3 is 2.67 bits per heavy atom. The van der Waals surface area contributed by atoms with Crippen molar-refractivity contribution in [2.75, 3.05) is 0 Å². The highest BCUT2D eigenvalue weighted by Gasteiger charge is 2.20. The zero-order chi connectivity index (χ0) is 17.7. The van der Waals surface area contributed by atoms with E-state index < -0.39 is 17.9 Å². The summed E-state index contributed by atoms with van der Waals surface area (Å²) < 4.78 is 5.61. The first-order valence-electron chi connectivity index (χ1n) is 7.66. The molecule has 0 radical (unpaired) electrons. The van der Waals surface area contributed by atoms with Crippen LogP contribution in [0.3, 0.4) is 0 Å². The Balaban J connectivity index is 2.18. The van der Waals surface area contributed by atoms with Gasteiger partial charge in [0.25, 0.3) is 5.91 Å². The third kappa shape index (κ3) is 4.05. The number of nitrogens with one attached hydrogen (secondary N) is 1. The molecular formula is C19H20N2O3. The van der Waals surface area contributed by atoms with Gasteiger partial charge in [0.15, 0.2) is 5.76 Å². The number of terminal acetylenes is 1. The molecule has 3 N–H and O–H groups in total. The summed E-state index contributed by atoms with van der Waals surface area (Å²) in [6.07, 6.45) is 5.20. The standard InChI is InChI=1S/C19H20N2O3/c1-4-6-15(18(20)22)21-19(23)17-10-9-16(24-17)14-8-5-7-13(11-14)12(2)3/h1,5,7-12,15H,6H2,2-3H3,(H2,20,22)(H,21,23)/t15-/m0/s1. The summed E-state index contributed by atoms with van der Waals surface area (Å²) in [6.45, 7) is 4.21. The van der Waals surface area contributed by atoms with Gasteiger partial charge in [-0.1, -0.05) is 32.0 Å². The molecule has 1 aromatic heterocycles. The van der Waals surface area contributed by atoms with Gasteiger partial charge in [-0.25, -0.2) is 0 Å². The molecule has 5 nitrogen and oxygen atoms in total. The van der Waals surface area contributed by atoms with E-state index in [9.17, 15) is 9.59 Å². The van der Waals surface area contributed by atoms with E-state index in [-0.39, 0.29) is 12.2 Å². The van der Waals surface area contributed by atoms with Crippen molar-refractivity contribution in [1.29, 1.82) is 0 Å². The molecule has 0 aliphatic rings. The second kappa shape index (κ2) is 7.51. The van der Waals surface area contributed by atoms with Crippen LogP contribution >= 0.6 is 0 Å². The molecule has 124 valence electrons. The van der Waals surface area contributed by atoms with Gasteiger partial charge in [-0.05, 0) is 29.7 Å². The zero-order valence-electron chi connectivity index (χ0n) is 13.7. The van der Waals surface area contributed by atoms with E-state index in [1.807, 2.05) is 24.3 Å². The molecule has 0 saturated carbocycles. The number of carbonyl (C=O) groups is 2. The summed E-state index contributed by atoms with van der Waals surface area (Å²) in [5.41, 5.74) is 7.27. The quantitative estimate of drug-likeness (QED) is 0.801. The maximum atomic E-state index is 12.2. The molecule has 0 bridgehead atoms. The predicted molar refractivity (Wildman–Crippen MR) is 92.1 cm³/mol. The van der Waals surface area contributed by atoms with E-state index in [2.05, 4.69) is 25.1 Å². The lowest BCUT2D eigenvalue weighted by Crippen LogP contribution is -2.44. The van der Waals surface area contributed by atoms with Crippen molar-refractivity contribution in [3.05, 3.63) is 47.7 Å². The Morgan fingerprint density at radius 1 is 1.29 bits per heavy atom. The maximum absolute atomic E-state index is 12.2. The average Bonchev–Trinajstić information content (AvgIpc) is 3.04. The minimum absolute atomic E-state index is 0.0328. The Labute approximate surface area is 141 Å². The van der Waals surface area contributed by atoms with Crippen LogP contribution in [0.25, 0.3) is 11.3 Å². The van der Waals surface area contributed by atoms with E-state index in [0.717, 1.165) is 5.56 Å². The summed E-state index contributed by atoms with van der Waals surface area (Å²) in [6, 6.07) is 10.3. The Kier molecular flexibility index (Phi) is 5.43. The minimum Gasteiger partial charge on any atom is -0.451 e. The molecule has 0 saturated heterocycles. The van der Waals surface area contributed by atoms with Crippen LogP contribution in [0.1, 0.15) is 42.3 Å². The van der Waals surface area contributed by atoms with Crippen LogP contribution in [-0.2, 0) is 4.79 Å². The van der Waals surface area contributed by atoms with Crippen LogP contribution < -0.4 is 11.1 Å². The van der Waals surface area contributed by atoms with Gasteiger partial charge in [0.2, 0.25) is 5.91 Å². The van der Waals surface area contributed by atoms with Crippen molar-refractivity contribution in [2.24, 2.45) is 5.73 Å². The number of carbonyl (C=O) groups excluding carboxylic acids is 2. The molecule has 1 heterocycles. The first-order chi connectivity index (χ1) is 11.4. The first-order valence-corrected chi connectivity index (χ1v) is 7.66. The molecular weight excluding hydrogens is 304 g/mol. The van der Waals surface area contributed by atoms with E-state index in [1.165, 1.54) is 5.56 Å². The molecule has 0 unspecified atom stereocenters. The molecule has 0 aliphatic carbocycles. The fraction of sp³-hybridized carbons (Fsp3) is 0.263. The van der Waals surface area contributed by atoms with Crippen molar-refractivity contribution in [2.45, 2.75) is 32.2 Å². The molecule has 1 aromatic carbocycles. The van der Waals surface area contributed by atoms with E-state index in [4.69, 9.17) is 16.6 Å². The maximum Gasteiger partial charge on any atom is 0.287 e. The summed E-state index contributed by atoms with van der Waals surface area (Å²) in [5.74, 6) is 2.17. The SMILES string of the molecule is C#CC[C@H](NC(=O)c1ccc(-c2cccc(C(C)C)c2)o1)C(N)=O. The lowest BCUT2D eigenvalue weighted by atomic mass is 10.0. The Hall–Kier alpha value is -3.00. The van der Waals surface area contributed by atoms with Crippen LogP contribution in [0.5, 0.6) is 0 Å². The van der Waals surface area contributed by atoms with Crippen molar-refractivity contribution in [1.82, 2.24) is 5.32 Å². The topological polar surface area (TPSA) is 85.3 Å². The third-order valence-electron chi connectivity index (χ3n) is 3.64. The summed E-state index contributed by atoms with van der Waals surface area (Å²) in [4.78, 5) is 23.4. The lowest BCUT2D eigenvalue weighted by molar-refractivity contribution is -0.119. The van der Waals surface area contributed by atoms with Gasteiger partial charge < -0.3 is 15.5 Å². The van der Waals surface area contributed by atoms with Crippen molar-refractivity contribution >= 4 is 11.8 Å². The normalized spacial score (nSPS) is 11.8. The van der Waals surface area contributed by atoms with Gasteiger partial charge in [-0.15, -0.1) is 12.3 Å². The molecule has 0 aliphatic heterocycles. The highest BCUT2D eigenvalue weighted by molar-refractivity contribution is 5.95. The number of amides is 2. The van der Waals surface area contributed by atoms with Crippen molar-refractivity contribution < 1.29 is 14.0 Å². The lowest BCUT2D eigenvalue weighted by Gasteiger charge is -2.11. The molecule has 2 aromatic rings. The molecule has 2 rings (SSSR count). The van der Waals surface area contributed by atoms with Gasteiger partial charge in [-0.2, -0.15) is 0 Å². The Bertz CT molecular complexity index is 784. The average molecular weight is 324 g/mol. The molecule has 1 atom stereocenters. The number of hydrogen-bond acceptors (Lipinski definition) is 3. The highest BCUT2D eigenvalue weighted by atomic mass is 16.3. The monoisotopic (exact) mass is 324 g/mol.